The molecule has 2 N–H and O–H groups in total. The van der Waals surface area contributed by atoms with Crippen molar-refractivity contribution >= 4 is 5.91 Å². The van der Waals surface area contributed by atoms with Crippen LogP contribution in [0.25, 0.3) is 11.3 Å². The molecule has 1 atom stereocenters. The fourth-order valence-electron chi connectivity index (χ4n) is 1.91. The number of furan rings is 1. The molecule has 21 heavy (non-hydrogen) atoms. The van der Waals surface area contributed by atoms with Gasteiger partial charge >= 0.3 is 0 Å². The van der Waals surface area contributed by atoms with Crippen molar-refractivity contribution in [2.45, 2.75) is 13.3 Å². The molecule has 0 saturated heterocycles. The first-order chi connectivity index (χ1) is 10.1. The number of amides is 1. The lowest BCUT2D eigenvalue weighted by molar-refractivity contribution is 0.0918. The van der Waals surface area contributed by atoms with Crippen molar-refractivity contribution in [1.29, 1.82) is 0 Å². The van der Waals surface area contributed by atoms with Crippen molar-refractivity contribution in [3.05, 3.63) is 48.0 Å². The maximum absolute atomic E-state index is 12.9. The number of carbonyl (C=O) groups is 1. The van der Waals surface area contributed by atoms with E-state index in [0.717, 1.165) is 0 Å². The Labute approximate surface area is 122 Å². The van der Waals surface area contributed by atoms with E-state index in [0.29, 0.717) is 24.3 Å². The second-order valence-corrected chi connectivity index (χ2v) is 5.00. The summed E-state index contributed by atoms with van der Waals surface area (Å²) in [5.74, 6) is 0.314. The maximum Gasteiger partial charge on any atom is 0.287 e. The van der Waals surface area contributed by atoms with Crippen LogP contribution in [0, 0.1) is 11.7 Å². The summed E-state index contributed by atoms with van der Waals surface area (Å²) in [7, 11) is 0. The largest absolute Gasteiger partial charge is 0.451 e. The quantitative estimate of drug-likeness (QED) is 0.860. The molecule has 0 saturated carbocycles. The Morgan fingerprint density at radius 2 is 2.00 bits per heavy atom. The standard InChI is InChI=1S/C16H18FNO3/c1-11(8-9-19)10-18-16(20)15-7-6-14(21-15)12-2-4-13(17)5-3-12/h2-7,11,19H,8-10H2,1H3,(H,18,20). The lowest BCUT2D eigenvalue weighted by atomic mass is 10.1. The lowest BCUT2D eigenvalue weighted by Crippen LogP contribution is -2.28. The van der Waals surface area contributed by atoms with E-state index in [1.165, 1.54) is 12.1 Å². The zero-order chi connectivity index (χ0) is 15.2. The summed E-state index contributed by atoms with van der Waals surface area (Å²) in [6, 6.07) is 9.14. The van der Waals surface area contributed by atoms with E-state index in [-0.39, 0.29) is 30.0 Å². The van der Waals surface area contributed by atoms with Gasteiger partial charge in [0.15, 0.2) is 5.76 Å². The first-order valence-electron chi connectivity index (χ1n) is 6.85. The van der Waals surface area contributed by atoms with Gasteiger partial charge in [0.25, 0.3) is 5.91 Å². The van der Waals surface area contributed by atoms with Crippen molar-refractivity contribution in [2.24, 2.45) is 5.92 Å². The van der Waals surface area contributed by atoms with Gasteiger partial charge in [-0.1, -0.05) is 6.92 Å². The molecule has 1 aromatic heterocycles. The molecule has 0 spiro atoms. The van der Waals surface area contributed by atoms with Gasteiger partial charge in [-0.3, -0.25) is 4.79 Å². The van der Waals surface area contributed by atoms with E-state index in [2.05, 4.69) is 5.32 Å². The van der Waals surface area contributed by atoms with Crippen LogP contribution in [0.4, 0.5) is 4.39 Å². The predicted molar refractivity (Wildman–Crippen MR) is 77.3 cm³/mol. The fourth-order valence-corrected chi connectivity index (χ4v) is 1.91. The van der Waals surface area contributed by atoms with Gasteiger partial charge in [-0.25, -0.2) is 4.39 Å². The van der Waals surface area contributed by atoms with Gasteiger partial charge in [0.05, 0.1) is 0 Å². The van der Waals surface area contributed by atoms with E-state index in [4.69, 9.17) is 9.52 Å². The van der Waals surface area contributed by atoms with Crippen molar-refractivity contribution in [2.75, 3.05) is 13.2 Å². The number of halogens is 1. The fraction of sp³-hybridized carbons (Fsp3) is 0.312. The summed E-state index contributed by atoms with van der Waals surface area (Å²) in [5.41, 5.74) is 0.712. The van der Waals surface area contributed by atoms with Gasteiger partial charge in [-0.05, 0) is 48.7 Å². The van der Waals surface area contributed by atoms with E-state index in [9.17, 15) is 9.18 Å². The average Bonchev–Trinajstić information content (AvgIpc) is 2.96. The minimum absolute atomic E-state index is 0.104. The molecule has 4 nitrogen and oxygen atoms in total. The van der Waals surface area contributed by atoms with Crippen molar-refractivity contribution in [1.82, 2.24) is 5.32 Å². The molecular formula is C16H18FNO3. The molecule has 0 bridgehead atoms. The average molecular weight is 291 g/mol. The first-order valence-corrected chi connectivity index (χ1v) is 6.85. The van der Waals surface area contributed by atoms with Crippen LogP contribution in [-0.4, -0.2) is 24.2 Å². The maximum atomic E-state index is 12.9. The Bertz CT molecular complexity index is 592. The van der Waals surface area contributed by atoms with Crippen LogP contribution in [0.1, 0.15) is 23.9 Å². The summed E-state index contributed by atoms with van der Waals surface area (Å²) in [6.45, 7) is 2.53. The van der Waals surface area contributed by atoms with Crippen molar-refractivity contribution in [3.63, 3.8) is 0 Å². The zero-order valence-electron chi connectivity index (χ0n) is 11.8. The van der Waals surface area contributed by atoms with Crippen molar-refractivity contribution in [3.8, 4) is 11.3 Å². The number of hydrogen-bond donors (Lipinski definition) is 2. The monoisotopic (exact) mass is 291 g/mol. The molecule has 1 heterocycles. The van der Waals surface area contributed by atoms with Gasteiger partial charge in [-0.15, -0.1) is 0 Å². The smallest absolute Gasteiger partial charge is 0.287 e. The molecule has 2 rings (SSSR count). The minimum atomic E-state index is -0.318. The molecule has 1 unspecified atom stereocenters. The normalized spacial score (nSPS) is 12.1. The molecule has 0 aliphatic rings. The molecular weight excluding hydrogens is 273 g/mol. The molecule has 1 aromatic carbocycles. The van der Waals surface area contributed by atoms with Crippen LogP contribution in [0.3, 0.4) is 0 Å². The van der Waals surface area contributed by atoms with E-state index in [1.807, 2.05) is 6.92 Å². The van der Waals surface area contributed by atoms with E-state index >= 15 is 0 Å². The van der Waals surface area contributed by atoms with Crippen LogP contribution in [0.2, 0.25) is 0 Å². The number of benzene rings is 1. The highest BCUT2D eigenvalue weighted by Crippen LogP contribution is 2.22. The first kappa shape index (κ1) is 15.3. The molecule has 0 aliphatic heterocycles. The number of aliphatic hydroxyl groups is 1. The van der Waals surface area contributed by atoms with E-state index < -0.39 is 0 Å². The second kappa shape index (κ2) is 7.04. The summed E-state index contributed by atoms with van der Waals surface area (Å²) < 4.78 is 18.3. The Kier molecular flexibility index (Phi) is 5.11. The molecule has 0 radical (unpaired) electrons. The molecule has 2 aromatic rings. The van der Waals surface area contributed by atoms with Crippen LogP contribution in [0.5, 0.6) is 0 Å². The third kappa shape index (κ3) is 4.16. The van der Waals surface area contributed by atoms with Gasteiger partial charge in [0.2, 0.25) is 0 Å². The molecule has 5 heteroatoms. The highest BCUT2D eigenvalue weighted by Gasteiger charge is 2.13. The van der Waals surface area contributed by atoms with Crippen LogP contribution >= 0.6 is 0 Å². The number of rotatable bonds is 6. The summed E-state index contributed by atoms with van der Waals surface area (Å²) in [4.78, 5) is 11.9. The van der Waals surface area contributed by atoms with E-state index in [1.54, 1.807) is 24.3 Å². The zero-order valence-corrected chi connectivity index (χ0v) is 11.8. The predicted octanol–water partition coefficient (Wildman–Crippen LogP) is 2.83. The number of carbonyl (C=O) groups excluding carboxylic acids is 1. The Balaban J connectivity index is 1.99. The molecule has 1 amide bonds. The van der Waals surface area contributed by atoms with Gasteiger partial charge < -0.3 is 14.8 Å². The van der Waals surface area contributed by atoms with Crippen LogP contribution in [0.15, 0.2) is 40.8 Å². The minimum Gasteiger partial charge on any atom is -0.451 e. The van der Waals surface area contributed by atoms with Gasteiger partial charge in [0.1, 0.15) is 11.6 Å². The lowest BCUT2D eigenvalue weighted by Gasteiger charge is -2.09. The Morgan fingerprint density at radius 1 is 1.29 bits per heavy atom. The Morgan fingerprint density at radius 3 is 2.67 bits per heavy atom. The number of aliphatic hydroxyl groups excluding tert-OH is 1. The van der Waals surface area contributed by atoms with Crippen molar-refractivity contribution < 1.29 is 18.7 Å². The van der Waals surface area contributed by atoms with Gasteiger partial charge in [-0.2, -0.15) is 0 Å². The third-order valence-corrected chi connectivity index (χ3v) is 3.19. The summed E-state index contributed by atoms with van der Waals surface area (Å²) in [5, 5.41) is 11.6. The van der Waals surface area contributed by atoms with Crippen LogP contribution in [-0.2, 0) is 0 Å². The molecule has 0 fully saturated rings. The van der Waals surface area contributed by atoms with Gasteiger partial charge in [0, 0.05) is 18.7 Å². The third-order valence-electron chi connectivity index (χ3n) is 3.19. The van der Waals surface area contributed by atoms with Crippen LogP contribution < -0.4 is 5.32 Å². The summed E-state index contributed by atoms with van der Waals surface area (Å²) >= 11 is 0. The number of nitrogens with one attached hydrogen (secondary N) is 1. The topological polar surface area (TPSA) is 62.5 Å². The second-order valence-electron chi connectivity index (χ2n) is 5.00. The molecule has 112 valence electrons. The summed E-state index contributed by atoms with van der Waals surface area (Å²) in [6.07, 6.45) is 0.638. The SMILES string of the molecule is CC(CCO)CNC(=O)c1ccc(-c2ccc(F)cc2)o1. The Hall–Kier alpha value is -2.14. The molecule has 0 aliphatic carbocycles. The number of hydrogen-bond acceptors (Lipinski definition) is 3. The highest BCUT2D eigenvalue weighted by atomic mass is 19.1. The highest BCUT2D eigenvalue weighted by molar-refractivity contribution is 5.92.